The van der Waals surface area contributed by atoms with E-state index in [1.165, 1.54) is 18.4 Å². The lowest BCUT2D eigenvalue weighted by Gasteiger charge is -2.11. The summed E-state index contributed by atoms with van der Waals surface area (Å²) in [6, 6.07) is 1.29. The van der Waals surface area contributed by atoms with Crippen LogP contribution in [0.1, 0.15) is 0 Å². The zero-order valence-corrected chi connectivity index (χ0v) is 9.41. The Bertz CT molecular complexity index is 352. The van der Waals surface area contributed by atoms with Gasteiger partial charge in [-0.2, -0.15) is 11.3 Å². The quantitative estimate of drug-likeness (QED) is 0.720. The Labute approximate surface area is 96.2 Å². The Morgan fingerprint density at radius 1 is 1.62 bits per heavy atom. The Kier molecular flexibility index (Phi) is 4.74. The van der Waals surface area contributed by atoms with Gasteiger partial charge in [0.25, 0.3) is 0 Å². The number of aliphatic carboxylic acids is 1. The molecule has 88 valence electrons. The maximum atomic E-state index is 11.3. The van der Waals surface area contributed by atoms with Crippen LogP contribution in [-0.2, 0) is 9.53 Å². The highest BCUT2D eigenvalue weighted by Gasteiger charge is 2.16. The molecule has 2 amide bonds. The van der Waals surface area contributed by atoms with E-state index < -0.39 is 18.1 Å². The van der Waals surface area contributed by atoms with Crippen LogP contribution in [0.15, 0.2) is 16.8 Å². The average molecular weight is 244 g/mol. The molecule has 3 N–H and O–H groups in total. The molecule has 1 heterocycles. The topological polar surface area (TPSA) is 87.7 Å². The van der Waals surface area contributed by atoms with E-state index in [9.17, 15) is 9.59 Å². The van der Waals surface area contributed by atoms with Gasteiger partial charge in [0.1, 0.15) is 0 Å². The number of hydrogen-bond acceptors (Lipinski definition) is 4. The normalized spacial score (nSPS) is 11.8. The minimum absolute atomic E-state index is 0.0815. The summed E-state index contributed by atoms with van der Waals surface area (Å²) >= 11 is 1.45. The number of urea groups is 1. The van der Waals surface area contributed by atoms with E-state index in [-0.39, 0.29) is 6.54 Å². The maximum absolute atomic E-state index is 11.3. The van der Waals surface area contributed by atoms with Gasteiger partial charge in [-0.15, -0.1) is 0 Å². The number of carbonyl (C=O) groups excluding carboxylic acids is 1. The second-order valence-electron chi connectivity index (χ2n) is 2.91. The van der Waals surface area contributed by atoms with Crippen LogP contribution in [0.5, 0.6) is 0 Å². The van der Waals surface area contributed by atoms with E-state index in [2.05, 4.69) is 15.4 Å². The first kappa shape index (κ1) is 12.5. The fraction of sp³-hybridized carbons (Fsp3) is 0.333. The molecular weight excluding hydrogens is 232 g/mol. The van der Waals surface area contributed by atoms with Crippen LogP contribution in [0.25, 0.3) is 0 Å². The SMILES string of the molecule is COC(CNC(=O)Nc1ccsc1)C(=O)O. The lowest BCUT2D eigenvalue weighted by Crippen LogP contribution is -2.39. The molecule has 0 aliphatic heterocycles. The number of carbonyl (C=O) groups is 2. The van der Waals surface area contributed by atoms with Crippen LogP contribution in [0.2, 0.25) is 0 Å². The van der Waals surface area contributed by atoms with Crippen molar-refractivity contribution in [1.29, 1.82) is 0 Å². The van der Waals surface area contributed by atoms with E-state index in [4.69, 9.17) is 5.11 Å². The van der Waals surface area contributed by atoms with Crippen molar-refractivity contribution < 1.29 is 19.4 Å². The minimum Gasteiger partial charge on any atom is -0.479 e. The van der Waals surface area contributed by atoms with Crippen LogP contribution in [0, 0.1) is 0 Å². The lowest BCUT2D eigenvalue weighted by molar-refractivity contribution is -0.147. The summed E-state index contributed by atoms with van der Waals surface area (Å²) in [7, 11) is 1.28. The Morgan fingerprint density at radius 3 is 2.88 bits per heavy atom. The second kappa shape index (κ2) is 6.09. The molecule has 0 spiro atoms. The highest BCUT2D eigenvalue weighted by molar-refractivity contribution is 7.08. The predicted octanol–water partition coefficient (Wildman–Crippen LogP) is 0.969. The number of anilines is 1. The third kappa shape index (κ3) is 3.87. The van der Waals surface area contributed by atoms with Crippen molar-refractivity contribution in [3.63, 3.8) is 0 Å². The van der Waals surface area contributed by atoms with Crippen LogP contribution >= 0.6 is 11.3 Å². The molecular formula is C9H12N2O4S. The summed E-state index contributed by atoms with van der Waals surface area (Å²) in [5.74, 6) is -1.11. The number of thiophene rings is 1. The first-order valence-corrected chi connectivity index (χ1v) is 5.40. The molecule has 7 heteroatoms. The van der Waals surface area contributed by atoms with Gasteiger partial charge < -0.3 is 20.5 Å². The van der Waals surface area contributed by atoms with Gasteiger partial charge in [-0.25, -0.2) is 9.59 Å². The molecule has 0 fully saturated rings. The van der Waals surface area contributed by atoms with Gasteiger partial charge in [-0.1, -0.05) is 0 Å². The first-order valence-electron chi connectivity index (χ1n) is 4.46. The van der Waals surface area contributed by atoms with E-state index in [0.717, 1.165) is 0 Å². The van der Waals surface area contributed by atoms with Crippen LogP contribution in [0.3, 0.4) is 0 Å². The van der Waals surface area contributed by atoms with Gasteiger partial charge >= 0.3 is 12.0 Å². The molecule has 1 rings (SSSR count). The highest BCUT2D eigenvalue weighted by atomic mass is 32.1. The molecule has 0 aliphatic carbocycles. The standard InChI is InChI=1S/C9H12N2O4S/c1-15-7(8(12)13)4-10-9(14)11-6-2-3-16-5-6/h2-3,5,7H,4H2,1H3,(H,12,13)(H2,10,11,14). The minimum atomic E-state index is -1.11. The Morgan fingerprint density at radius 2 is 2.38 bits per heavy atom. The number of ether oxygens (including phenoxy) is 1. The number of rotatable bonds is 5. The molecule has 1 atom stereocenters. The smallest absolute Gasteiger partial charge is 0.334 e. The van der Waals surface area contributed by atoms with Crippen LogP contribution < -0.4 is 10.6 Å². The van der Waals surface area contributed by atoms with Gasteiger partial charge in [0.2, 0.25) is 0 Å². The molecule has 16 heavy (non-hydrogen) atoms. The fourth-order valence-electron chi connectivity index (χ4n) is 0.968. The zero-order chi connectivity index (χ0) is 12.0. The number of carboxylic acids is 1. The fourth-order valence-corrected chi connectivity index (χ4v) is 1.56. The number of hydrogen-bond donors (Lipinski definition) is 3. The number of carboxylic acid groups (broad SMARTS) is 1. The molecule has 0 aliphatic rings. The molecule has 1 unspecified atom stereocenters. The summed E-state index contributed by atoms with van der Waals surface area (Å²) in [5.41, 5.74) is 0.673. The summed E-state index contributed by atoms with van der Waals surface area (Å²) in [5, 5.41) is 17.2. The number of nitrogens with one attached hydrogen (secondary N) is 2. The molecule has 0 aromatic carbocycles. The molecule has 0 radical (unpaired) electrons. The summed E-state index contributed by atoms with van der Waals surface area (Å²) in [6.45, 7) is -0.0815. The highest BCUT2D eigenvalue weighted by Crippen LogP contribution is 2.11. The monoisotopic (exact) mass is 244 g/mol. The Balaban J connectivity index is 2.32. The predicted molar refractivity (Wildman–Crippen MR) is 59.8 cm³/mol. The van der Waals surface area contributed by atoms with Crippen molar-refractivity contribution in [2.24, 2.45) is 0 Å². The van der Waals surface area contributed by atoms with Crippen molar-refractivity contribution >= 4 is 29.0 Å². The summed E-state index contributed by atoms with van der Waals surface area (Å²) in [6.07, 6.45) is -1.03. The second-order valence-corrected chi connectivity index (χ2v) is 3.69. The lowest BCUT2D eigenvalue weighted by atomic mass is 10.3. The molecule has 1 aromatic rings. The molecule has 0 saturated heterocycles. The first-order chi connectivity index (χ1) is 7.63. The summed E-state index contributed by atoms with van der Waals surface area (Å²) < 4.78 is 4.66. The van der Waals surface area contributed by atoms with Crippen molar-refractivity contribution in [1.82, 2.24) is 5.32 Å². The average Bonchev–Trinajstić information content (AvgIpc) is 2.70. The Hall–Kier alpha value is -1.60. The molecule has 0 saturated carbocycles. The molecule has 6 nitrogen and oxygen atoms in total. The van der Waals surface area contributed by atoms with Gasteiger partial charge in [0.05, 0.1) is 12.2 Å². The van der Waals surface area contributed by atoms with Crippen molar-refractivity contribution in [3.8, 4) is 0 Å². The van der Waals surface area contributed by atoms with E-state index in [1.54, 1.807) is 11.4 Å². The van der Waals surface area contributed by atoms with Crippen LogP contribution in [-0.4, -0.2) is 36.9 Å². The van der Waals surface area contributed by atoms with Crippen LogP contribution in [0.4, 0.5) is 10.5 Å². The third-order valence-electron chi connectivity index (χ3n) is 1.79. The maximum Gasteiger partial charge on any atom is 0.334 e. The van der Waals surface area contributed by atoms with Crippen molar-refractivity contribution in [3.05, 3.63) is 16.8 Å². The van der Waals surface area contributed by atoms with E-state index >= 15 is 0 Å². The van der Waals surface area contributed by atoms with Gasteiger partial charge in [-0.05, 0) is 11.4 Å². The third-order valence-corrected chi connectivity index (χ3v) is 2.47. The molecule has 1 aromatic heterocycles. The van der Waals surface area contributed by atoms with Crippen molar-refractivity contribution in [2.45, 2.75) is 6.10 Å². The van der Waals surface area contributed by atoms with Crippen molar-refractivity contribution in [2.75, 3.05) is 19.0 Å². The van der Waals surface area contributed by atoms with Gasteiger partial charge in [0.15, 0.2) is 6.10 Å². The largest absolute Gasteiger partial charge is 0.479 e. The zero-order valence-electron chi connectivity index (χ0n) is 8.60. The number of amides is 2. The van der Waals surface area contributed by atoms with Gasteiger partial charge in [0, 0.05) is 12.5 Å². The molecule has 0 bridgehead atoms. The van der Waals surface area contributed by atoms with E-state index in [0.29, 0.717) is 5.69 Å². The summed E-state index contributed by atoms with van der Waals surface area (Å²) in [4.78, 5) is 21.9. The van der Waals surface area contributed by atoms with E-state index in [1.807, 2.05) is 5.38 Å². The number of methoxy groups -OCH3 is 1. The van der Waals surface area contributed by atoms with Gasteiger partial charge in [-0.3, -0.25) is 0 Å².